The lowest BCUT2D eigenvalue weighted by Crippen LogP contribution is -2.45. The molecule has 0 spiro atoms. The summed E-state index contributed by atoms with van der Waals surface area (Å²) in [6.07, 6.45) is 11.6. The van der Waals surface area contributed by atoms with Crippen LogP contribution in [-0.2, 0) is 27.3 Å². The molecule has 40 heavy (non-hydrogen) atoms. The van der Waals surface area contributed by atoms with Crippen molar-refractivity contribution < 1.29 is 14.3 Å². The molecule has 1 N–H and O–H groups in total. The molecule has 3 aromatic rings. The molecular formula is C31H38N6O3. The predicted octanol–water partition coefficient (Wildman–Crippen LogP) is 5.21. The Morgan fingerprint density at radius 2 is 1.88 bits per heavy atom. The largest absolute Gasteiger partial charge is 0.466 e. The maximum atomic E-state index is 13.3. The van der Waals surface area contributed by atoms with Crippen molar-refractivity contribution in [3.05, 3.63) is 60.0 Å². The van der Waals surface area contributed by atoms with Crippen molar-refractivity contribution in [1.29, 1.82) is 0 Å². The van der Waals surface area contributed by atoms with Gasteiger partial charge in [-0.3, -0.25) is 14.6 Å². The minimum atomic E-state index is -0.617. The number of piperidine rings is 1. The summed E-state index contributed by atoms with van der Waals surface area (Å²) in [5.41, 5.74) is 2.54. The molecule has 1 aromatic carbocycles. The number of esters is 1. The first-order chi connectivity index (χ1) is 19.5. The number of anilines is 1. The fraction of sp³-hybridized carbons (Fsp3) is 0.516. The molecule has 1 amide bonds. The SMILES string of the molecule is [C-]#[N+]c1ccc2c(c1)nc(CCC1(C(=O)OCC)CCN(c3ccncc3)CC1)n2CC(=O)NC1CCCCC1. The lowest BCUT2D eigenvalue weighted by atomic mass is 9.74. The molecule has 5 rings (SSSR count). The standard InChI is InChI=1S/C31H38N6O3/c1-3-40-30(39)31(15-19-36(20-16-31)25-12-17-33-18-13-25)14-11-28-35-26-21-24(32-2)9-10-27(26)37(28)22-29(38)34-23-7-5-4-6-8-23/h9-10,12-13,17-18,21,23H,3-8,11,14-16,19-20,22H2,1H3,(H,34,38). The van der Waals surface area contributed by atoms with Crippen molar-refractivity contribution in [3.63, 3.8) is 0 Å². The number of hydrogen-bond acceptors (Lipinski definition) is 6. The lowest BCUT2D eigenvalue weighted by molar-refractivity contribution is -0.157. The van der Waals surface area contributed by atoms with Crippen LogP contribution < -0.4 is 10.2 Å². The molecule has 1 aliphatic carbocycles. The van der Waals surface area contributed by atoms with Gasteiger partial charge in [-0.1, -0.05) is 25.3 Å². The number of fused-ring (bicyclic) bond motifs is 1. The fourth-order valence-corrected chi connectivity index (χ4v) is 6.21. The number of ether oxygens (including phenoxy) is 1. The van der Waals surface area contributed by atoms with E-state index in [0.29, 0.717) is 43.5 Å². The van der Waals surface area contributed by atoms with Crippen LogP contribution in [0.25, 0.3) is 15.9 Å². The van der Waals surface area contributed by atoms with Gasteiger partial charge in [-0.25, -0.2) is 9.83 Å². The molecule has 9 heteroatoms. The van der Waals surface area contributed by atoms with E-state index in [2.05, 4.69) is 20.0 Å². The number of imidazole rings is 1. The second-order valence-electron chi connectivity index (χ2n) is 11.0. The third kappa shape index (κ3) is 6.11. The maximum Gasteiger partial charge on any atom is 0.312 e. The van der Waals surface area contributed by atoms with Gasteiger partial charge in [-0.15, -0.1) is 0 Å². The van der Waals surface area contributed by atoms with E-state index in [1.807, 2.05) is 29.7 Å². The Morgan fingerprint density at radius 1 is 1.12 bits per heavy atom. The quantitative estimate of drug-likeness (QED) is 0.295. The summed E-state index contributed by atoms with van der Waals surface area (Å²) in [6, 6.07) is 9.64. The molecule has 2 fully saturated rings. The summed E-state index contributed by atoms with van der Waals surface area (Å²) < 4.78 is 7.56. The average Bonchev–Trinajstić information content (AvgIpc) is 3.33. The molecular weight excluding hydrogens is 504 g/mol. The number of carbonyl (C=O) groups is 2. The van der Waals surface area contributed by atoms with E-state index >= 15 is 0 Å². The number of nitrogens with zero attached hydrogens (tertiary/aromatic N) is 5. The molecule has 2 aliphatic rings. The van der Waals surface area contributed by atoms with Gasteiger partial charge in [-0.05, 0) is 63.3 Å². The normalized spacial score (nSPS) is 17.4. The van der Waals surface area contributed by atoms with Crippen molar-refractivity contribution >= 4 is 34.3 Å². The molecule has 0 radical (unpaired) electrons. The van der Waals surface area contributed by atoms with Gasteiger partial charge in [0, 0.05) is 43.6 Å². The molecule has 1 saturated carbocycles. The molecule has 0 bridgehead atoms. The van der Waals surface area contributed by atoms with Crippen molar-refractivity contribution in [2.45, 2.75) is 77.3 Å². The maximum absolute atomic E-state index is 13.3. The van der Waals surface area contributed by atoms with Crippen molar-refractivity contribution in [1.82, 2.24) is 19.9 Å². The van der Waals surface area contributed by atoms with Crippen LogP contribution in [0.2, 0.25) is 0 Å². The number of pyridine rings is 1. The van der Waals surface area contributed by atoms with E-state index in [1.54, 1.807) is 24.5 Å². The number of nitrogens with one attached hydrogen (secondary N) is 1. The van der Waals surface area contributed by atoms with Crippen LogP contribution in [-0.4, -0.2) is 52.1 Å². The predicted molar refractivity (Wildman–Crippen MR) is 154 cm³/mol. The van der Waals surface area contributed by atoms with Gasteiger partial charge in [-0.2, -0.15) is 0 Å². The molecule has 1 aliphatic heterocycles. The Labute approximate surface area is 235 Å². The first kappa shape index (κ1) is 27.6. The van der Waals surface area contributed by atoms with Crippen molar-refractivity contribution in [2.75, 3.05) is 24.6 Å². The third-order valence-electron chi connectivity index (χ3n) is 8.50. The second-order valence-corrected chi connectivity index (χ2v) is 11.0. The van der Waals surface area contributed by atoms with E-state index in [1.165, 1.54) is 6.42 Å². The Kier molecular flexibility index (Phi) is 8.63. The summed E-state index contributed by atoms with van der Waals surface area (Å²) in [6.45, 7) is 11.3. The Morgan fingerprint density at radius 3 is 2.58 bits per heavy atom. The van der Waals surface area contributed by atoms with E-state index in [0.717, 1.165) is 55.8 Å². The molecule has 1 saturated heterocycles. The highest BCUT2D eigenvalue weighted by Gasteiger charge is 2.42. The van der Waals surface area contributed by atoms with Crippen LogP contribution >= 0.6 is 0 Å². The van der Waals surface area contributed by atoms with Crippen LogP contribution in [0.5, 0.6) is 0 Å². The van der Waals surface area contributed by atoms with E-state index in [9.17, 15) is 9.59 Å². The minimum absolute atomic E-state index is 0.0209. The van der Waals surface area contributed by atoms with E-state index in [4.69, 9.17) is 16.3 Å². The van der Waals surface area contributed by atoms with Crippen molar-refractivity contribution in [3.8, 4) is 0 Å². The molecule has 210 valence electrons. The fourth-order valence-electron chi connectivity index (χ4n) is 6.21. The Balaban J connectivity index is 1.37. The topological polar surface area (TPSA) is 93.7 Å². The van der Waals surface area contributed by atoms with Gasteiger partial charge in [0.1, 0.15) is 12.4 Å². The summed E-state index contributed by atoms with van der Waals surface area (Å²) >= 11 is 0. The zero-order chi connectivity index (χ0) is 28.0. The summed E-state index contributed by atoms with van der Waals surface area (Å²) in [7, 11) is 0. The zero-order valence-electron chi connectivity index (χ0n) is 23.3. The third-order valence-corrected chi connectivity index (χ3v) is 8.50. The van der Waals surface area contributed by atoms with Gasteiger partial charge >= 0.3 is 5.97 Å². The van der Waals surface area contributed by atoms with Crippen LogP contribution in [0.3, 0.4) is 0 Å². The zero-order valence-corrected chi connectivity index (χ0v) is 23.3. The van der Waals surface area contributed by atoms with E-state index in [-0.39, 0.29) is 24.5 Å². The Bertz CT molecular complexity index is 1360. The van der Waals surface area contributed by atoms with Gasteiger partial charge in [0.2, 0.25) is 5.91 Å². The number of hydrogen-bond donors (Lipinski definition) is 1. The van der Waals surface area contributed by atoms with Gasteiger partial charge in [0.05, 0.1) is 29.6 Å². The van der Waals surface area contributed by atoms with Gasteiger partial charge in [0.15, 0.2) is 5.69 Å². The minimum Gasteiger partial charge on any atom is -0.466 e. The van der Waals surface area contributed by atoms with Crippen LogP contribution in [0.15, 0.2) is 42.7 Å². The number of aromatic nitrogens is 3. The van der Waals surface area contributed by atoms with Crippen LogP contribution in [0.1, 0.15) is 64.1 Å². The number of amides is 1. The molecule has 3 heterocycles. The van der Waals surface area contributed by atoms with E-state index < -0.39 is 5.41 Å². The number of aryl methyl sites for hydroxylation is 1. The summed E-state index contributed by atoms with van der Waals surface area (Å²) in [4.78, 5) is 41.3. The highest BCUT2D eigenvalue weighted by molar-refractivity contribution is 5.84. The summed E-state index contributed by atoms with van der Waals surface area (Å²) in [5, 5.41) is 3.22. The number of rotatable bonds is 9. The van der Waals surface area contributed by atoms with Gasteiger partial charge < -0.3 is 19.5 Å². The second kappa shape index (κ2) is 12.5. The highest BCUT2D eigenvalue weighted by Crippen LogP contribution is 2.39. The lowest BCUT2D eigenvalue weighted by Gasteiger charge is -2.41. The van der Waals surface area contributed by atoms with Crippen molar-refractivity contribution in [2.24, 2.45) is 5.41 Å². The highest BCUT2D eigenvalue weighted by atomic mass is 16.5. The smallest absolute Gasteiger partial charge is 0.312 e. The molecule has 2 aromatic heterocycles. The van der Waals surface area contributed by atoms with Crippen LogP contribution in [0.4, 0.5) is 11.4 Å². The monoisotopic (exact) mass is 542 g/mol. The first-order valence-electron chi connectivity index (χ1n) is 14.5. The van der Waals surface area contributed by atoms with Gasteiger partial charge in [0.25, 0.3) is 0 Å². The van der Waals surface area contributed by atoms with Crippen LogP contribution in [0, 0.1) is 12.0 Å². The summed E-state index contributed by atoms with van der Waals surface area (Å²) in [5.74, 6) is 0.584. The number of benzene rings is 1. The first-order valence-corrected chi connectivity index (χ1v) is 14.5. The molecule has 0 atom stereocenters. The molecule has 9 nitrogen and oxygen atoms in total. The molecule has 0 unspecified atom stereocenters. The Hall–Kier alpha value is -3.93. The average molecular weight is 543 g/mol. The number of carbonyl (C=O) groups excluding carboxylic acids is 2.